The number of amides is 1. The van der Waals surface area contributed by atoms with Crippen LogP contribution in [0.1, 0.15) is 39.0 Å². The number of esters is 1. The molecule has 2 aliphatic carbocycles. The maximum Gasteiger partial charge on any atom is 0.325 e. The summed E-state index contributed by atoms with van der Waals surface area (Å²) in [5, 5.41) is 0. The fraction of sp³-hybridized carbons (Fsp3) is 0.714. The van der Waals surface area contributed by atoms with Crippen LogP contribution in [0.5, 0.6) is 0 Å². The molecule has 0 heterocycles. The lowest BCUT2D eigenvalue weighted by Gasteiger charge is -2.27. The van der Waals surface area contributed by atoms with Gasteiger partial charge in [-0.2, -0.15) is 0 Å². The van der Waals surface area contributed by atoms with E-state index in [-0.39, 0.29) is 30.4 Å². The minimum atomic E-state index is -0.288. The van der Waals surface area contributed by atoms with E-state index in [2.05, 4.69) is 12.2 Å². The Bertz CT molecular complexity index is 347. The minimum absolute atomic E-state index is 0.0602. The highest BCUT2D eigenvalue weighted by Crippen LogP contribution is 2.30. The first-order chi connectivity index (χ1) is 8.72. The highest BCUT2D eigenvalue weighted by molar-refractivity contribution is 5.84. The quantitative estimate of drug-likeness (QED) is 0.554. The van der Waals surface area contributed by atoms with Crippen molar-refractivity contribution in [3.63, 3.8) is 0 Å². The van der Waals surface area contributed by atoms with E-state index in [9.17, 15) is 9.59 Å². The molecule has 0 radical (unpaired) electrons. The molecule has 1 fully saturated rings. The molecule has 0 aromatic carbocycles. The summed E-state index contributed by atoms with van der Waals surface area (Å²) < 4.78 is 4.94. The van der Waals surface area contributed by atoms with Crippen molar-refractivity contribution in [3.05, 3.63) is 12.2 Å². The van der Waals surface area contributed by atoms with Gasteiger partial charge in [-0.25, -0.2) is 0 Å². The largest absolute Gasteiger partial charge is 0.465 e. The van der Waals surface area contributed by atoms with E-state index in [1.165, 1.54) is 0 Å². The van der Waals surface area contributed by atoms with Crippen LogP contribution in [0.15, 0.2) is 12.2 Å². The first-order valence-electron chi connectivity index (χ1n) is 6.83. The van der Waals surface area contributed by atoms with Crippen molar-refractivity contribution in [2.24, 2.45) is 5.92 Å². The average molecular weight is 251 g/mol. The topological polar surface area (TPSA) is 46.6 Å². The Kier molecular flexibility index (Phi) is 4.39. The number of carbonyl (C=O) groups is 2. The van der Waals surface area contributed by atoms with Crippen LogP contribution in [0.25, 0.3) is 0 Å². The van der Waals surface area contributed by atoms with E-state index in [0.29, 0.717) is 6.61 Å². The summed E-state index contributed by atoms with van der Waals surface area (Å²) >= 11 is 0. The predicted molar refractivity (Wildman–Crippen MR) is 67.8 cm³/mol. The molecule has 18 heavy (non-hydrogen) atoms. The molecule has 4 heteroatoms. The van der Waals surface area contributed by atoms with E-state index in [4.69, 9.17) is 4.74 Å². The van der Waals surface area contributed by atoms with Gasteiger partial charge >= 0.3 is 5.97 Å². The van der Waals surface area contributed by atoms with Gasteiger partial charge in [-0.1, -0.05) is 12.2 Å². The second kappa shape index (κ2) is 6.03. The van der Waals surface area contributed by atoms with Crippen molar-refractivity contribution in [1.82, 2.24) is 4.90 Å². The van der Waals surface area contributed by atoms with Crippen molar-refractivity contribution in [1.29, 1.82) is 0 Å². The van der Waals surface area contributed by atoms with Crippen LogP contribution in [0.4, 0.5) is 0 Å². The molecule has 1 unspecified atom stereocenters. The van der Waals surface area contributed by atoms with E-state index in [1.54, 1.807) is 11.8 Å². The van der Waals surface area contributed by atoms with Gasteiger partial charge in [-0.05, 0) is 39.0 Å². The number of rotatable bonds is 5. The zero-order chi connectivity index (χ0) is 13.0. The minimum Gasteiger partial charge on any atom is -0.465 e. The van der Waals surface area contributed by atoms with Crippen LogP contribution in [-0.2, 0) is 14.3 Å². The Morgan fingerprint density at radius 3 is 2.61 bits per heavy atom. The molecule has 0 aromatic heterocycles. The van der Waals surface area contributed by atoms with Crippen LogP contribution >= 0.6 is 0 Å². The highest BCUT2D eigenvalue weighted by Gasteiger charge is 2.36. The monoisotopic (exact) mass is 251 g/mol. The number of ether oxygens (including phenoxy) is 1. The van der Waals surface area contributed by atoms with Gasteiger partial charge in [-0.15, -0.1) is 0 Å². The smallest absolute Gasteiger partial charge is 0.325 e. The van der Waals surface area contributed by atoms with E-state index >= 15 is 0 Å². The number of carbonyl (C=O) groups excluding carboxylic acids is 2. The molecular weight excluding hydrogens is 230 g/mol. The normalized spacial score (nSPS) is 22.6. The summed E-state index contributed by atoms with van der Waals surface area (Å²) in [5.74, 6) is -0.0935. The summed E-state index contributed by atoms with van der Waals surface area (Å²) in [5.41, 5.74) is 0. The molecule has 1 atom stereocenters. The lowest BCUT2D eigenvalue weighted by atomic mass is 9.93. The van der Waals surface area contributed by atoms with Crippen molar-refractivity contribution < 1.29 is 14.3 Å². The fourth-order valence-corrected chi connectivity index (χ4v) is 2.37. The summed E-state index contributed by atoms with van der Waals surface area (Å²) in [6.45, 7) is 2.28. The lowest BCUT2D eigenvalue weighted by molar-refractivity contribution is -0.150. The van der Waals surface area contributed by atoms with Crippen LogP contribution in [0.3, 0.4) is 0 Å². The Balaban J connectivity index is 1.94. The number of hydrogen-bond acceptors (Lipinski definition) is 3. The van der Waals surface area contributed by atoms with Crippen LogP contribution in [-0.4, -0.2) is 36.0 Å². The van der Waals surface area contributed by atoms with Gasteiger partial charge in [0, 0.05) is 12.0 Å². The second-order valence-electron chi connectivity index (χ2n) is 4.98. The Hall–Kier alpha value is -1.32. The van der Waals surface area contributed by atoms with Gasteiger partial charge in [0.1, 0.15) is 6.54 Å². The molecule has 0 bridgehead atoms. The van der Waals surface area contributed by atoms with E-state index in [0.717, 1.165) is 32.1 Å². The van der Waals surface area contributed by atoms with E-state index in [1.807, 2.05) is 0 Å². The molecule has 0 aliphatic heterocycles. The summed E-state index contributed by atoms with van der Waals surface area (Å²) in [6.07, 6.45) is 8.92. The molecule has 1 amide bonds. The number of allylic oxidation sites excluding steroid dienone is 2. The first-order valence-corrected chi connectivity index (χ1v) is 6.83. The SMILES string of the molecule is CCOC(=O)CN(C(=O)C1CC=CCC1)C1CC1. The third-order valence-corrected chi connectivity index (χ3v) is 3.49. The fourth-order valence-electron chi connectivity index (χ4n) is 2.37. The predicted octanol–water partition coefficient (Wildman–Crippen LogP) is 1.90. The highest BCUT2D eigenvalue weighted by atomic mass is 16.5. The van der Waals surface area contributed by atoms with Gasteiger partial charge in [0.2, 0.25) is 5.91 Å². The Morgan fingerprint density at radius 2 is 2.06 bits per heavy atom. The molecule has 0 spiro atoms. The standard InChI is InChI=1S/C14H21NO3/c1-2-18-13(16)10-15(12-8-9-12)14(17)11-6-4-3-5-7-11/h3-4,11-12H,2,5-10H2,1H3. The average Bonchev–Trinajstić information content (AvgIpc) is 3.21. The Morgan fingerprint density at radius 1 is 1.28 bits per heavy atom. The molecule has 0 N–H and O–H groups in total. The molecule has 2 rings (SSSR count). The Labute approximate surface area is 108 Å². The molecule has 0 saturated heterocycles. The van der Waals surface area contributed by atoms with Gasteiger partial charge in [0.15, 0.2) is 0 Å². The van der Waals surface area contributed by atoms with Crippen LogP contribution in [0, 0.1) is 5.92 Å². The van der Waals surface area contributed by atoms with Gasteiger partial charge in [-0.3, -0.25) is 9.59 Å². The summed E-state index contributed by atoms with van der Waals surface area (Å²) in [7, 11) is 0. The zero-order valence-corrected chi connectivity index (χ0v) is 10.9. The van der Waals surface area contributed by atoms with Gasteiger partial charge in [0.05, 0.1) is 6.61 Å². The molecule has 100 valence electrons. The summed E-state index contributed by atoms with van der Waals surface area (Å²) in [6, 6.07) is 0.271. The van der Waals surface area contributed by atoms with Crippen molar-refractivity contribution in [3.8, 4) is 0 Å². The van der Waals surface area contributed by atoms with Gasteiger partial charge in [0.25, 0.3) is 0 Å². The number of nitrogens with zero attached hydrogens (tertiary/aromatic N) is 1. The van der Waals surface area contributed by atoms with Crippen molar-refractivity contribution in [2.75, 3.05) is 13.2 Å². The third kappa shape index (κ3) is 3.34. The maximum atomic E-state index is 12.4. The molecule has 4 nitrogen and oxygen atoms in total. The van der Waals surface area contributed by atoms with Crippen molar-refractivity contribution >= 4 is 11.9 Å². The molecular formula is C14H21NO3. The summed E-state index contributed by atoms with van der Waals surface area (Å²) in [4.78, 5) is 25.7. The number of hydrogen-bond donors (Lipinski definition) is 0. The first kappa shape index (κ1) is 13.1. The van der Waals surface area contributed by atoms with E-state index < -0.39 is 0 Å². The molecule has 2 aliphatic rings. The lowest BCUT2D eigenvalue weighted by Crippen LogP contribution is -2.42. The zero-order valence-electron chi connectivity index (χ0n) is 10.9. The second-order valence-corrected chi connectivity index (χ2v) is 4.98. The van der Waals surface area contributed by atoms with Crippen LogP contribution in [0.2, 0.25) is 0 Å². The van der Waals surface area contributed by atoms with Crippen LogP contribution < -0.4 is 0 Å². The molecule has 0 aromatic rings. The van der Waals surface area contributed by atoms with Crippen molar-refractivity contribution in [2.45, 2.75) is 45.1 Å². The maximum absolute atomic E-state index is 12.4. The third-order valence-electron chi connectivity index (χ3n) is 3.49. The molecule has 1 saturated carbocycles. The van der Waals surface area contributed by atoms with Gasteiger partial charge < -0.3 is 9.64 Å².